The number of benzene rings is 1. The Labute approximate surface area is 149 Å². The van der Waals surface area contributed by atoms with Gasteiger partial charge in [-0.3, -0.25) is 9.78 Å². The van der Waals surface area contributed by atoms with Crippen LogP contribution in [0.1, 0.15) is 0 Å². The molecule has 0 aliphatic carbocycles. The minimum absolute atomic E-state index is 0.379. The lowest BCUT2D eigenvalue weighted by atomic mass is 10.1. The molecule has 0 saturated heterocycles. The van der Waals surface area contributed by atoms with Crippen molar-refractivity contribution >= 4 is 32.3 Å². The van der Waals surface area contributed by atoms with Gasteiger partial charge in [0, 0.05) is 23.2 Å². The third kappa shape index (κ3) is 2.12. The average molecular weight is 362 g/mol. The molecule has 0 radical (unpaired) electrons. The number of aromatic nitrogens is 4. The first-order chi connectivity index (χ1) is 12.7. The van der Waals surface area contributed by atoms with Crippen LogP contribution in [0.25, 0.3) is 37.4 Å². The van der Waals surface area contributed by atoms with Crippen LogP contribution in [-0.2, 0) is 0 Å². The zero-order valence-corrected chi connectivity index (χ0v) is 14.0. The number of H-pyrrole nitrogens is 1. The smallest absolute Gasteiger partial charge is 0.333 e. The van der Waals surface area contributed by atoms with Gasteiger partial charge in [0.1, 0.15) is 11.0 Å². The number of nitrogens with one attached hydrogen (secondary N) is 1. The van der Waals surface area contributed by atoms with Gasteiger partial charge in [-0.15, -0.1) is 11.3 Å². The van der Waals surface area contributed by atoms with Gasteiger partial charge < -0.3 is 9.40 Å². The quantitative estimate of drug-likeness (QED) is 0.521. The summed E-state index contributed by atoms with van der Waals surface area (Å²) in [7, 11) is 0. The van der Waals surface area contributed by atoms with E-state index in [9.17, 15) is 9.59 Å². The van der Waals surface area contributed by atoms with Gasteiger partial charge in [-0.1, -0.05) is 12.1 Å². The Morgan fingerprint density at radius 1 is 1.15 bits per heavy atom. The number of hydrogen-bond donors (Lipinski definition) is 1. The number of pyridine rings is 1. The van der Waals surface area contributed by atoms with Crippen molar-refractivity contribution < 1.29 is 4.42 Å². The molecule has 0 saturated carbocycles. The highest BCUT2D eigenvalue weighted by Gasteiger charge is 2.16. The number of thiophene rings is 1. The molecule has 1 N–H and O–H groups in total. The van der Waals surface area contributed by atoms with E-state index in [0.29, 0.717) is 26.7 Å². The second-order valence-electron chi connectivity index (χ2n) is 5.64. The van der Waals surface area contributed by atoms with Crippen LogP contribution in [0.3, 0.4) is 0 Å². The molecule has 4 heterocycles. The van der Waals surface area contributed by atoms with E-state index < -0.39 is 5.69 Å². The molecule has 8 heteroatoms. The van der Waals surface area contributed by atoms with Crippen molar-refractivity contribution in [2.75, 3.05) is 0 Å². The monoisotopic (exact) mass is 362 g/mol. The number of aromatic amines is 1. The zero-order valence-electron chi connectivity index (χ0n) is 13.2. The standard InChI is InChI=1S/C18H10N4O3S/c23-17-15-12(8-14(26-15)16-20-6-7-25-16)21-18(24)22(17)13-3-1-2-10-9-19-5-4-11(10)13/h1-9H,(H,21,24). The van der Waals surface area contributed by atoms with Gasteiger partial charge in [0.25, 0.3) is 5.56 Å². The van der Waals surface area contributed by atoms with Crippen molar-refractivity contribution in [3.05, 3.63) is 76.0 Å². The van der Waals surface area contributed by atoms with Crippen molar-refractivity contribution in [2.45, 2.75) is 0 Å². The maximum Gasteiger partial charge on any atom is 0.333 e. The summed E-state index contributed by atoms with van der Waals surface area (Å²) >= 11 is 1.23. The Bertz CT molecular complexity index is 1370. The molecule has 5 rings (SSSR count). The molecule has 1 aromatic carbocycles. The van der Waals surface area contributed by atoms with Gasteiger partial charge in [-0.25, -0.2) is 14.3 Å². The molecule has 0 aliphatic heterocycles. The predicted molar refractivity (Wildman–Crippen MR) is 98.8 cm³/mol. The van der Waals surface area contributed by atoms with Crippen LogP contribution in [0, 0.1) is 0 Å². The zero-order chi connectivity index (χ0) is 17.7. The lowest BCUT2D eigenvalue weighted by Crippen LogP contribution is -2.33. The topological polar surface area (TPSA) is 93.8 Å². The molecule has 0 atom stereocenters. The number of oxazole rings is 1. The van der Waals surface area contributed by atoms with Crippen LogP contribution in [0.2, 0.25) is 0 Å². The SMILES string of the molecule is O=c1[nH]c2cc(-c3ncco3)sc2c(=O)n1-c1cccc2cnccc12. The highest BCUT2D eigenvalue weighted by molar-refractivity contribution is 7.22. The summed E-state index contributed by atoms with van der Waals surface area (Å²) in [4.78, 5) is 37.3. The van der Waals surface area contributed by atoms with E-state index in [1.807, 2.05) is 6.07 Å². The molecule has 0 unspecified atom stereocenters. The van der Waals surface area contributed by atoms with Crippen LogP contribution < -0.4 is 11.2 Å². The summed E-state index contributed by atoms with van der Waals surface area (Å²) in [5.41, 5.74) is 0.111. The predicted octanol–water partition coefficient (Wildman–Crippen LogP) is 2.94. The van der Waals surface area contributed by atoms with Crippen molar-refractivity contribution in [1.29, 1.82) is 0 Å². The molecule has 0 spiro atoms. The van der Waals surface area contributed by atoms with E-state index >= 15 is 0 Å². The van der Waals surface area contributed by atoms with E-state index in [0.717, 1.165) is 15.3 Å². The van der Waals surface area contributed by atoms with Crippen molar-refractivity contribution in [2.24, 2.45) is 0 Å². The third-order valence-electron chi connectivity index (χ3n) is 4.12. The Morgan fingerprint density at radius 2 is 2.08 bits per heavy atom. The van der Waals surface area contributed by atoms with Crippen LogP contribution in [0.4, 0.5) is 0 Å². The summed E-state index contributed by atoms with van der Waals surface area (Å²) in [6, 6.07) is 8.91. The van der Waals surface area contributed by atoms with Crippen LogP contribution >= 0.6 is 11.3 Å². The lowest BCUT2D eigenvalue weighted by molar-refractivity contribution is 0.576. The van der Waals surface area contributed by atoms with Crippen molar-refractivity contribution in [1.82, 2.24) is 19.5 Å². The van der Waals surface area contributed by atoms with Gasteiger partial charge >= 0.3 is 5.69 Å². The van der Waals surface area contributed by atoms with Gasteiger partial charge in [0.2, 0.25) is 5.89 Å². The van der Waals surface area contributed by atoms with Crippen LogP contribution in [0.5, 0.6) is 0 Å². The molecule has 0 aliphatic rings. The first-order valence-electron chi connectivity index (χ1n) is 7.74. The highest BCUT2D eigenvalue weighted by atomic mass is 32.1. The fourth-order valence-electron chi connectivity index (χ4n) is 2.98. The summed E-state index contributed by atoms with van der Waals surface area (Å²) in [5.74, 6) is 0.411. The fraction of sp³-hybridized carbons (Fsp3) is 0. The molecule has 0 bridgehead atoms. The maximum atomic E-state index is 13.1. The Morgan fingerprint density at radius 3 is 2.92 bits per heavy atom. The largest absolute Gasteiger partial charge is 0.444 e. The van der Waals surface area contributed by atoms with Crippen LogP contribution in [0.15, 0.2) is 69.2 Å². The molecule has 0 amide bonds. The lowest BCUT2D eigenvalue weighted by Gasteiger charge is -2.08. The summed E-state index contributed by atoms with van der Waals surface area (Å²) in [5, 5.41) is 1.63. The number of rotatable bonds is 2. The second kappa shape index (κ2) is 5.50. The minimum atomic E-state index is -0.497. The first kappa shape index (κ1) is 14.8. The maximum absolute atomic E-state index is 13.1. The highest BCUT2D eigenvalue weighted by Crippen LogP contribution is 2.29. The third-order valence-corrected chi connectivity index (χ3v) is 5.23. The average Bonchev–Trinajstić information content (AvgIpc) is 3.31. The molecular weight excluding hydrogens is 352 g/mol. The molecule has 0 fully saturated rings. The van der Waals surface area contributed by atoms with E-state index in [4.69, 9.17) is 4.42 Å². The van der Waals surface area contributed by atoms with Gasteiger partial charge in [0.15, 0.2) is 0 Å². The summed E-state index contributed by atoms with van der Waals surface area (Å²) in [6.45, 7) is 0. The number of hydrogen-bond acceptors (Lipinski definition) is 6. The molecular formula is C18H10N4O3S. The Kier molecular flexibility index (Phi) is 3.13. The van der Waals surface area contributed by atoms with Gasteiger partial charge in [0.05, 0.1) is 22.3 Å². The van der Waals surface area contributed by atoms with Crippen molar-refractivity contribution in [3.63, 3.8) is 0 Å². The fourth-order valence-corrected chi connectivity index (χ4v) is 3.96. The van der Waals surface area contributed by atoms with E-state index in [-0.39, 0.29) is 5.56 Å². The molecule has 7 nitrogen and oxygen atoms in total. The minimum Gasteiger partial charge on any atom is -0.444 e. The van der Waals surface area contributed by atoms with E-state index in [1.165, 1.54) is 23.8 Å². The Hall–Kier alpha value is -3.52. The second-order valence-corrected chi connectivity index (χ2v) is 6.69. The Balaban J connectivity index is 1.84. The van der Waals surface area contributed by atoms with E-state index in [1.54, 1.807) is 36.7 Å². The molecule has 4 aromatic heterocycles. The molecule has 5 aromatic rings. The van der Waals surface area contributed by atoms with E-state index in [2.05, 4.69) is 15.0 Å². The number of fused-ring (bicyclic) bond motifs is 2. The van der Waals surface area contributed by atoms with Crippen LogP contribution in [-0.4, -0.2) is 19.5 Å². The van der Waals surface area contributed by atoms with Gasteiger partial charge in [-0.05, 0) is 18.2 Å². The first-order valence-corrected chi connectivity index (χ1v) is 8.56. The van der Waals surface area contributed by atoms with Gasteiger partial charge in [-0.2, -0.15) is 0 Å². The summed E-state index contributed by atoms with van der Waals surface area (Å²) < 4.78 is 6.87. The normalized spacial score (nSPS) is 11.4. The molecule has 26 heavy (non-hydrogen) atoms. The van der Waals surface area contributed by atoms with Crippen molar-refractivity contribution in [3.8, 4) is 16.5 Å². The number of nitrogens with zero attached hydrogens (tertiary/aromatic N) is 3. The molecule has 126 valence electrons. The summed E-state index contributed by atoms with van der Waals surface area (Å²) in [6.07, 6.45) is 6.33.